The summed E-state index contributed by atoms with van der Waals surface area (Å²) in [6.45, 7) is 7.49. The van der Waals surface area contributed by atoms with Crippen molar-refractivity contribution in [2.24, 2.45) is 11.8 Å². The summed E-state index contributed by atoms with van der Waals surface area (Å²) in [6.07, 6.45) is 3.69. The first kappa shape index (κ1) is 21.5. The second-order valence-corrected chi connectivity index (χ2v) is 7.40. The maximum Gasteiger partial charge on any atom is 0.321 e. The zero-order valence-electron chi connectivity index (χ0n) is 16.2. The lowest BCUT2D eigenvalue weighted by Gasteiger charge is -2.27. The van der Waals surface area contributed by atoms with Crippen molar-refractivity contribution < 1.29 is 9.59 Å². The van der Waals surface area contributed by atoms with Gasteiger partial charge < -0.3 is 16.0 Å². The smallest absolute Gasteiger partial charge is 0.321 e. The van der Waals surface area contributed by atoms with Crippen LogP contribution in [0, 0.1) is 11.8 Å². The number of carbonyl (C=O) groups is 2. The minimum Gasteiger partial charge on any atom is -0.338 e. The molecule has 3 rings (SSSR count). The van der Waals surface area contributed by atoms with E-state index in [1.54, 1.807) is 4.90 Å². The summed E-state index contributed by atoms with van der Waals surface area (Å²) in [4.78, 5) is 26.4. The molecule has 1 fully saturated rings. The predicted octanol–water partition coefficient (Wildman–Crippen LogP) is 3.16. The highest BCUT2D eigenvalue weighted by Gasteiger charge is 2.25. The number of hydrogen-bond donors (Lipinski definition) is 3. The van der Waals surface area contributed by atoms with Gasteiger partial charge in [0.1, 0.15) is 0 Å². The Kier molecular flexibility index (Phi) is 7.92. The molecule has 6 nitrogen and oxygen atoms in total. The van der Waals surface area contributed by atoms with E-state index in [0.29, 0.717) is 31.3 Å². The SMILES string of the molecule is CCNC(=O)N1CCc2ccc(NC(=O)CC(C)C3CCNCC3)cc21.Cl. The normalized spacial score (nSPS) is 17.6. The predicted molar refractivity (Wildman–Crippen MR) is 112 cm³/mol. The molecular weight excluding hydrogens is 364 g/mol. The van der Waals surface area contributed by atoms with Gasteiger partial charge in [-0.15, -0.1) is 12.4 Å². The van der Waals surface area contributed by atoms with Gasteiger partial charge in [0.15, 0.2) is 0 Å². The standard InChI is InChI=1S/C20H30N4O2.ClH/c1-3-22-20(26)24-11-8-16-4-5-17(13-18(16)24)23-19(25)12-14(2)15-6-9-21-10-7-15;/h4-5,13-15,21H,3,6-12H2,1-2H3,(H,22,26)(H,23,25);1H. The Labute approximate surface area is 167 Å². The maximum absolute atomic E-state index is 12.5. The molecule has 2 aliphatic rings. The molecule has 7 heteroatoms. The lowest BCUT2D eigenvalue weighted by atomic mass is 9.84. The van der Waals surface area contributed by atoms with Crippen molar-refractivity contribution in [1.82, 2.24) is 10.6 Å². The molecule has 2 heterocycles. The lowest BCUT2D eigenvalue weighted by molar-refractivity contribution is -0.117. The van der Waals surface area contributed by atoms with Gasteiger partial charge in [-0.05, 0) is 68.8 Å². The van der Waals surface area contributed by atoms with Crippen molar-refractivity contribution in [1.29, 1.82) is 0 Å². The highest BCUT2D eigenvalue weighted by molar-refractivity contribution is 5.96. The summed E-state index contributed by atoms with van der Waals surface area (Å²) in [5.41, 5.74) is 2.82. The van der Waals surface area contributed by atoms with Gasteiger partial charge in [-0.25, -0.2) is 4.79 Å². The third-order valence-electron chi connectivity index (χ3n) is 5.53. The molecule has 1 unspecified atom stereocenters. The Hall–Kier alpha value is -1.79. The average Bonchev–Trinajstić information content (AvgIpc) is 3.06. The Morgan fingerprint density at radius 2 is 2.04 bits per heavy atom. The molecule has 150 valence electrons. The Balaban J connectivity index is 0.00000261. The third-order valence-corrected chi connectivity index (χ3v) is 5.53. The van der Waals surface area contributed by atoms with Crippen molar-refractivity contribution >= 4 is 35.7 Å². The summed E-state index contributed by atoms with van der Waals surface area (Å²) in [6, 6.07) is 5.80. The van der Waals surface area contributed by atoms with Gasteiger partial charge in [0.05, 0.1) is 5.69 Å². The minimum absolute atomic E-state index is 0. The molecule has 3 N–H and O–H groups in total. The Bertz CT molecular complexity index is 661. The summed E-state index contributed by atoms with van der Waals surface area (Å²) >= 11 is 0. The molecule has 27 heavy (non-hydrogen) atoms. The number of urea groups is 1. The molecule has 0 spiro atoms. The molecule has 0 saturated carbocycles. The van der Waals surface area contributed by atoms with Crippen LogP contribution < -0.4 is 20.9 Å². The molecule has 0 radical (unpaired) electrons. The number of nitrogens with one attached hydrogen (secondary N) is 3. The summed E-state index contributed by atoms with van der Waals surface area (Å²) in [5.74, 6) is 1.06. The first-order chi connectivity index (χ1) is 12.6. The quantitative estimate of drug-likeness (QED) is 0.718. The fourth-order valence-corrected chi connectivity index (χ4v) is 4.00. The van der Waals surface area contributed by atoms with E-state index in [1.165, 1.54) is 0 Å². The van der Waals surface area contributed by atoms with Gasteiger partial charge in [-0.2, -0.15) is 0 Å². The van der Waals surface area contributed by atoms with E-state index in [4.69, 9.17) is 0 Å². The number of anilines is 2. The molecule has 1 saturated heterocycles. The molecule has 1 atom stereocenters. The second-order valence-electron chi connectivity index (χ2n) is 7.40. The summed E-state index contributed by atoms with van der Waals surface area (Å²) < 4.78 is 0. The van der Waals surface area contributed by atoms with E-state index in [1.807, 2.05) is 25.1 Å². The van der Waals surface area contributed by atoms with Gasteiger partial charge in [0.25, 0.3) is 0 Å². The monoisotopic (exact) mass is 394 g/mol. The van der Waals surface area contributed by atoms with Crippen molar-refractivity contribution in [2.75, 3.05) is 36.4 Å². The van der Waals surface area contributed by atoms with E-state index in [-0.39, 0.29) is 24.3 Å². The number of amides is 3. The molecular formula is C20H31ClN4O2. The van der Waals surface area contributed by atoms with Crippen molar-refractivity contribution in [3.05, 3.63) is 23.8 Å². The number of piperidine rings is 1. The van der Waals surface area contributed by atoms with E-state index in [9.17, 15) is 9.59 Å². The summed E-state index contributed by atoms with van der Waals surface area (Å²) in [5, 5.41) is 9.24. The van der Waals surface area contributed by atoms with Crippen molar-refractivity contribution in [2.45, 2.75) is 39.5 Å². The molecule has 0 bridgehead atoms. The number of benzene rings is 1. The zero-order chi connectivity index (χ0) is 18.5. The van der Waals surface area contributed by atoms with Crippen molar-refractivity contribution in [3.63, 3.8) is 0 Å². The largest absolute Gasteiger partial charge is 0.338 e. The van der Waals surface area contributed by atoms with Gasteiger partial charge in [0.2, 0.25) is 5.91 Å². The van der Waals surface area contributed by atoms with E-state index in [2.05, 4.69) is 22.9 Å². The lowest BCUT2D eigenvalue weighted by Crippen LogP contribution is -2.38. The van der Waals surface area contributed by atoms with Crippen LogP contribution in [0.3, 0.4) is 0 Å². The Morgan fingerprint density at radius 1 is 1.30 bits per heavy atom. The second kappa shape index (κ2) is 9.95. The number of rotatable bonds is 5. The van der Waals surface area contributed by atoms with E-state index in [0.717, 1.165) is 49.3 Å². The molecule has 1 aromatic carbocycles. The van der Waals surface area contributed by atoms with Crippen molar-refractivity contribution in [3.8, 4) is 0 Å². The van der Waals surface area contributed by atoms with E-state index >= 15 is 0 Å². The number of fused-ring (bicyclic) bond motifs is 1. The Morgan fingerprint density at radius 3 is 2.74 bits per heavy atom. The highest BCUT2D eigenvalue weighted by atomic mass is 35.5. The van der Waals surface area contributed by atoms with Crippen LogP contribution in [0.1, 0.15) is 38.7 Å². The molecule has 1 aromatic rings. The van der Waals surface area contributed by atoms with Crippen LogP contribution >= 0.6 is 12.4 Å². The first-order valence-corrected chi connectivity index (χ1v) is 9.77. The molecule has 2 aliphatic heterocycles. The van der Waals surface area contributed by atoms with Crippen LogP contribution in [-0.4, -0.2) is 38.1 Å². The van der Waals surface area contributed by atoms with Gasteiger partial charge in [-0.1, -0.05) is 13.0 Å². The number of hydrogen-bond acceptors (Lipinski definition) is 3. The minimum atomic E-state index is -0.0748. The van der Waals surface area contributed by atoms with Crippen LogP contribution in [-0.2, 0) is 11.2 Å². The molecule has 3 amide bonds. The van der Waals surface area contributed by atoms with Crippen LogP contribution in [0.15, 0.2) is 18.2 Å². The summed E-state index contributed by atoms with van der Waals surface area (Å²) in [7, 11) is 0. The number of nitrogens with zero attached hydrogens (tertiary/aromatic N) is 1. The molecule has 0 aromatic heterocycles. The first-order valence-electron chi connectivity index (χ1n) is 9.77. The van der Waals surface area contributed by atoms with Crippen LogP contribution in [0.5, 0.6) is 0 Å². The van der Waals surface area contributed by atoms with E-state index < -0.39 is 0 Å². The van der Waals surface area contributed by atoms with Crippen LogP contribution in [0.25, 0.3) is 0 Å². The zero-order valence-corrected chi connectivity index (χ0v) is 17.0. The number of carbonyl (C=O) groups excluding carboxylic acids is 2. The average molecular weight is 395 g/mol. The highest BCUT2D eigenvalue weighted by Crippen LogP contribution is 2.31. The van der Waals surface area contributed by atoms with Crippen LogP contribution in [0.4, 0.5) is 16.2 Å². The van der Waals surface area contributed by atoms with Gasteiger partial charge >= 0.3 is 6.03 Å². The van der Waals surface area contributed by atoms with Crippen LogP contribution in [0.2, 0.25) is 0 Å². The fourth-order valence-electron chi connectivity index (χ4n) is 4.00. The fraction of sp³-hybridized carbons (Fsp3) is 0.600. The number of halogens is 1. The van der Waals surface area contributed by atoms with Gasteiger partial charge in [0, 0.05) is 25.2 Å². The maximum atomic E-state index is 12.5. The molecule has 0 aliphatic carbocycles. The third kappa shape index (κ3) is 5.36. The van der Waals surface area contributed by atoms with Gasteiger partial charge in [-0.3, -0.25) is 9.69 Å². The topological polar surface area (TPSA) is 73.5 Å².